The van der Waals surface area contributed by atoms with Crippen LogP contribution in [0.25, 0.3) is 10.9 Å². The van der Waals surface area contributed by atoms with E-state index in [2.05, 4.69) is 18.8 Å². The molecule has 0 aliphatic carbocycles. The minimum Gasteiger partial charge on any atom is -0.497 e. The first-order chi connectivity index (χ1) is 14.5. The van der Waals surface area contributed by atoms with Crippen molar-refractivity contribution < 1.29 is 19.2 Å². The number of H-pyrrole nitrogens is 1. The fourth-order valence-corrected chi connectivity index (χ4v) is 4.04. The van der Waals surface area contributed by atoms with E-state index < -0.39 is 0 Å². The van der Waals surface area contributed by atoms with Crippen LogP contribution in [0.15, 0.2) is 42.5 Å². The molecule has 1 aliphatic rings. The van der Waals surface area contributed by atoms with Gasteiger partial charge in [0.15, 0.2) is 0 Å². The van der Waals surface area contributed by atoms with E-state index in [1.807, 2.05) is 47.4 Å². The molecule has 1 aromatic heterocycles. The number of aromatic nitrogens is 1. The molecule has 0 spiro atoms. The molecule has 6 nitrogen and oxygen atoms in total. The number of fused-ring (bicyclic) bond motifs is 1. The molecule has 0 saturated carbocycles. The van der Waals surface area contributed by atoms with Crippen LogP contribution < -0.4 is 14.4 Å². The number of carbonyl (C=O) groups is 1. The molecule has 30 heavy (non-hydrogen) atoms. The average Bonchev–Trinajstić information content (AvgIpc) is 3.07. The van der Waals surface area contributed by atoms with Gasteiger partial charge in [-0.25, -0.2) is 0 Å². The zero-order valence-corrected chi connectivity index (χ0v) is 18.0. The quantitative estimate of drug-likeness (QED) is 0.658. The number of amides is 1. The number of aryl methyl sites for hydroxylation is 2. The number of aromatic amines is 1. The van der Waals surface area contributed by atoms with Crippen molar-refractivity contribution in [3.05, 3.63) is 59.3 Å². The number of piperazine rings is 1. The Kier molecular flexibility index (Phi) is 5.95. The lowest BCUT2D eigenvalue weighted by atomic mass is 10.1. The number of hydrogen-bond acceptors (Lipinski definition) is 3. The number of methoxy groups -OCH3 is 1. The lowest BCUT2D eigenvalue weighted by Gasteiger charge is -2.32. The summed E-state index contributed by atoms with van der Waals surface area (Å²) < 4.78 is 11.0. The lowest BCUT2D eigenvalue weighted by molar-refractivity contribution is -0.903. The summed E-state index contributed by atoms with van der Waals surface area (Å²) in [6.07, 6.45) is 0. The van der Waals surface area contributed by atoms with Crippen LogP contribution >= 0.6 is 0 Å². The van der Waals surface area contributed by atoms with Gasteiger partial charge < -0.3 is 24.3 Å². The Balaban J connectivity index is 1.27. The molecule has 158 valence electrons. The summed E-state index contributed by atoms with van der Waals surface area (Å²) in [6, 6.07) is 13.6. The molecule has 3 aromatic rings. The smallest absolute Gasteiger partial charge is 0.254 e. The highest BCUT2D eigenvalue weighted by molar-refractivity contribution is 5.99. The van der Waals surface area contributed by atoms with Crippen LogP contribution in [0.5, 0.6) is 11.5 Å². The average molecular weight is 409 g/mol. The number of carbonyl (C=O) groups excluding carboxylic acids is 1. The maximum Gasteiger partial charge on any atom is 0.254 e. The predicted octanol–water partition coefficient (Wildman–Crippen LogP) is 2.21. The molecule has 6 heteroatoms. The summed E-state index contributed by atoms with van der Waals surface area (Å²) >= 11 is 0. The monoisotopic (exact) mass is 408 g/mol. The molecule has 2 heterocycles. The fraction of sp³-hybridized carbons (Fsp3) is 0.375. The Bertz CT molecular complexity index is 1020. The maximum absolute atomic E-state index is 13.0. The van der Waals surface area contributed by atoms with Crippen LogP contribution in [0.4, 0.5) is 0 Å². The lowest BCUT2D eigenvalue weighted by Crippen LogP contribution is -3.15. The molecule has 0 radical (unpaired) electrons. The fourth-order valence-electron chi connectivity index (χ4n) is 4.04. The van der Waals surface area contributed by atoms with Gasteiger partial charge in [0, 0.05) is 22.2 Å². The number of nitrogens with zero attached hydrogens (tertiary/aromatic N) is 1. The molecule has 0 bridgehead atoms. The highest BCUT2D eigenvalue weighted by Crippen LogP contribution is 2.23. The molecule has 2 aromatic carbocycles. The number of rotatable bonds is 6. The van der Waals surface area contributed by atoms with Crippen molar-refractivity contribution in [2.75, 3.05) is 46.4 Å². The van der Waals surface area contributed by atoms with E-state index in [0.29, 0.717) is 6.61 Å². The van der Waals surface area contributed by atoms with Gasteiger partial charge in [0.2, 0.25) is 0 Å². The van der Waals surface area contributed by atoms with Gasteiger partial charge in [0.1, 0.15) is 24.7 Å². The second-order valence-electron chi connectivity index (χ2n) is 7.95. The Labute approximate surface area is 177 Å². The zero-order chi connectivity index (χ0) is 21.1. The summed E-state index contributed by atoms with van der Waals surface area (Å²) in [5.41, 5.74) is 4.23. The SMILES string of the molecule is COc1ccc(OCC[NH+]2CCN(C(=O)c3ccc4[nH]c(C)c(C)c4c3)CC2)cc1. The van der Waals surface area contributed by atoms with Crippen molar-refractivity contribution >= 4 is 16.8 Å². The van der Waals surface area contributed by atoms with Crippen LogP contribution in [0.1, 0.15) is 21.6 Å². The third kappa shape index (κ3) is 4.28. The first-order valence-electron chi connectivity index (χ1n) is 10.5. The Morgan fingerprint density at radius 1 is 1.07 bits per heavy atom. The summed E-state index contributed by atoms with van der Waals surface area (Å²) in [5, 5.41) is 1.14. The van der Waals surface area contributed by atoms with Gasteiger partial charge in [-0.05, 0) is 61.9 Å². The van der Waals surface area contributed by atoms with Crippen LogP contribution in [-0.4, -0.2) is 62.2 Å². The van der Waals surface area contributed by atoms with Crippen molar-refractivity contribution in [1.29, 1.82) is 0 Å². The number of ether oxygens (including phenoxy) is 2. The predicted molar refractivity (Wildman–Crippen MR) is 118 cm³/mol. The van der Waals surface area contributed by atoms with Crippen molar-refractivity contribution in [1.82, 2.24) is 9.88 Å². The summed E-state index contributed by atoms with van der Waals surface area (Å²) in [7, 11) is 1.66. The molecular formula is C24H30N3O3+. The molecule has 1 amide bonds. The van der Waals surface area contributed by atoms with Gasteiger partial charge in [0.05, 0.1) is 33.3 Å². The highest BCUT2D eigenvalue weighted by Gasteiger charge is 2.24. The number of benzene rings is 2. The number of quaternary nitrogens is 1. The van der Waals surface area contributed by atoms with Crippen molar-refractivity contribution in [3.8, 4) is 11.5 Å². The maximum atomic E-state index is 13.0. The van der Waals surface area contributed by atoms with Crippen molar-refractivity contribution in [2.24, 2.45) is 0 Å². The minimum atomic E-state index is 0.128. The van der Waals surface area contributed by atoms with Gasteiger partial charge >= 0.3 is 0 Å². The van der Waals surface area contributed by atoms with E-state index in [0.717, 1.165) is 66.4 Å². The first-order valence-corrected chi connectivity index (χ1v) is 10.5. The Morgan fingerprint density at radius 2 is 1.77 bits per heavy atom. The van der Waals surface area contributed by atoms with Crippen molar-refractivity contribution in [2.45, 2.75) is 13.8 Å². The number of nitrogens with one attached hydrogen (secondary N) is 2. The molecule has 2 N–H and O–H groups in total. The van der Waals surface area contributed by atoms with Gasteiger partial charge in [0.25, 0.3) is 5.91 Å². The van der Waals surface area contributed by atoms with Gasteiger partial charge in [-0.1, -0.05) is 0 Å². The van der Waals surface area contributed by atoms with Gasteiger partial charge in [-0.3, -0.25) is 4.79 Å². The molecule has 1 fully saturated rings. The minimum absolute atomic E-state index is 0.128. The highest BCUT2D eigenvalue weighted by atomic mass is 16.5. The first kappa shape index (κ1) is 20.3. The van der Waals surface area contributed by atoms with Crippen LogP contribution in [-0.2, 0) is 0 Å². The van der Waals surface area contributed by atoms with E-state index in [1.165, 1.54) is 10.5 Å². The van der Waals surface area contributed by atoms with E-state index >= 15 is 0 Å². The molecule has 4 rings (SSSR count). The third-order valence-corrected chi connectivity index (χ3v) is 6.10. The molecular weight excluding hydrogens is 378 g/mol. The summed E-state index contributed by atoms with van der Waals surface area (Å²) in [4.78, 5) is 19.8. The largest absolute Gasteiger partial charge is 0.497 e. The van der Waals surface area contributed by atoms with Gasteiger partial charge in [-0.2, -0.15) is 0 Å². The van der Waals surface area contributed by atoms with Crippen LogP contribution in [0, 0.1) is 13.8 Å². The molecule has 1 aliphatic heterocycles. The molecule has 0 atom stereocenters. The van der Waals surface area contributed by atoms with E-state index in [-0.39, 0.29) is 5.91 Å². The standard InChI is InChI=1S/C24H29N3O3/c1-17-18(2)25-23-9-4-19(16-22(17)23)24(28)27-12-10-26(11-13-27)14-15-30-21-7-5-20(29-3)6-8-21/h4-9,16,25H,10-15H2,1-3H3/p+1. The Hall–Kier alpha value is -2.99. The summed E-state index contributed by atoms with van der Waals surface area (Å²) in [5.74, 6) is 1.81. The van der Waals surface area contributed by atoms with E-state index in [1.54, 1.807) is 7.11 Å². The molecule has 1 saturated heterocycles. The van der Waals surface area contributed by atoms with Crippen molar-refractivity contribution in [3.63, 3.8) is 0 Å². The van der Waals surface area contributed by atoms with Crippen LogP contribution in [0.3, 0.4) is 0 Å². The second kappa shape index (κ2) is 8.79. The van der Waals surface area contributed by atoms with E-state index in [4.69, 9.17) is 9.47 Å². The topological polar surface area (TPSA) is 59.0 Å². The normalized spacial score (nSPS) is 14.8. The Morgan fingerprint density at radius 3 is 2.47 bits per heavy atom. The van der Waals surface area contributed by atoms with E-state index in [9.17, 15) is 4.79 Å². The summed E-state index contributed by atoms with van der Waals surface area (Å²) in [6.45, 7) is 9.21. The zero-order valence-electron chi connectivity index (χ0n) is 18.0. The second-order valence-corrected chi connectivity index (χ2v) is 7.95. The van der Waals surface area contributed by atoms with Crippen LogP contribution in [0.2, 0.25) is 0 Å². The van der Waals surface area contributed by atoms with Gasteiger partial charge in [-0.15, -0.1) is 0 Å². The number of hydrogen-bond donors (Lipinski definition) is 2. The molecule has 0 unspecified atom stereocenters. The third-order valence-electron chi connectivity index (χ3n) is 6.10.